The standard InChI is InChI=1S/C7H13Cl2NO2S/c8-6-10(13(9,11)12)7-4-2-1-3-5-7/h7H,1-6H2. The van der Waals surface area contributed by atoms with Crippen LogP contribution in [0.25, 0.3) is 0 Å². The Hall–Kier alpha value is 0.490. The first kappa shape index (κ1) is 11.6. The normalized spacial score (nSPS) is 20.8. The molecule has 0 bridgehead atoms. The van der Waals surface area contributed by atoms with E-state index in [-0.39, 0.29) is 12.0 Å². The van der Waals surface area contributed by atoms with Gasteiger partial charge in [-0.1, -0.05) is 19.3 Å². The van der Waals surface area contributed by atoms with Gasteiger partial charge in [0.2, 0.25) is 0 Å². The second-order valence-electron chi connectivity index (χ2n) is 3.24. The zero-order valence-corrected chi connectivity index (χ0v) is 9.58. The van der Waals surface area contributed by atoms with Crippen LogP contribution in [0.2, 0.25) is 0 Å². The average molecular weight is 246 g/mol. The lowest BCUT2D eigenvalue weighted by atomic mass is 9.96. The third-order valence-electron chi connectivity index (χ3n) is 2.38. The zero-order chi connectivity index (χ0) is 9.90. The van der Waals surface area contributed by atoms with E-state index < -0.39 is 9.24 Å². The summed E-state index contributed by atoms with van der Waals surface area (Å²) in [6.07, 6.45) is 5.04. The third kappa shape index (κ3) is 3.27. The fourth-order valence-electron chi connectivity index (χ4n) is 1.70. The smallest absolute Gasteiger partial charge is 0.195 e. The maximum Gasteiger partial charge on any atom is 0.301 e. The van der Waals surface area contributed by atoms with Gasteiger partial charge < -0.3 is 0 Å². The van der Waals surface area contributed by atoms with Crippen molar-refractivity contribution in [3.05, 3.63) is 0 Å². The molecule has 1 saturated carbocycles. The fraction of sp³-hybridized carbons (Fsp3) is 1.00. The Morgan fingerprint density at radius 3 is 2.15 bits per heavy atom. The monoisotopic (exact) mass is 245 g/mol. The van der Waals surface area contributed by atoms with Crippen LogP contribution < -0.4 is 0 Å². The Labute approximate surface area is 88.6 Å². The molecule has 13 heavy (non-hydrogen) atoms. The van der Waals surface area contributed by atoms with Crippen LogP contribution in [0.4, 0.5) is 0 Å². The zero-order valence-electron chi connectivity index (χ0n) is 7.25. The maximum absolute atomic E-state index is 11.1. The molecule has 0 aromatic heterocycles. The van der Waals surface area contributed by atoms with E-state index in [1.165, 1.54) is 10.7 Å². The van der Waals surface area contributed by atoms with Gasteiger partial charge in [-0.15, -0.1) is 11.6 Å². The molecule has 6 heteroatoms. The van der Waals surface area contributed by atoms with Crippen LogP contribution in [0, 0.1) is 0 Å². The molecular formula is C7H13Cl2NO2S. The lowest BCUT2D eigenvalue weighted by Crippen LogP contribution is -2.38. The predicted octanol–water partition coefficient (Wildman–Crippen LogP) is 2.30. The summed E-state index contributed by atoms with van der Waals surface area (Å²) in [6, 6.07) is -0.0370. The van der Waals surface area contributed by atoms with Gasteiger partial charge in [-0.3, -0.25) is 0 Å². The van der Waals surface area contributed by atoms with E-state index in [9.17, 15) is 8.42 Å². The topological polar surface area (TPSA) is 37.4 Å². The summed E-state index contributed by atoms with van der Waals surface area (Å²) in [5.74, 6) is 0. The van der Waals surface area contributed by atoms with E-state index in [4.69, 9.17) is 22.3 Å². The molecule has 3 nitrogen and oxygen atoms in total. The molecule has 78 valence electrons. The summed E-state index contributed by atoms with van der Waals surface area (Å²) in [5, 5.41) is 0. The number of hydrogen-bond acceptors (Lipinski definition) is 2. The number of alkyl halides is 1. The van der Waals surface area contributed by atoms with Crippen LogP contribution in [0.1, 0.15) is 32.1 Å². The van der Waals surface area contributed by atoms with Crippen molar-refractivity contribution in [2.24, 2.45) is 0 Å². The maximum atomic E-state index is 11.1. The van der Waals surface area contributed by atoms with Crippen molar-refractivity contribution in [2.75, 3.05) is 6.00 Å². The van der Waals surface area contributed by atoms with Crippen molar-refractivity contribution in [1.29, 1.82) is 0 Å². The Kier molecular flexibility index (Phi) is 4.29. The van der Waals surface area contributed by atoms with E-state index in [1.54, 1.807) is 0 Å². The average Bonchev–Trinajstić information content (AvgIpc) is 2.05. The number of halogens is 2. The molecule has 0 aromatic carbocycles. The van der Waals surface area contributed by atoms with E-state index in [2.05, 4.69) is 0 Å². The molecule has 0 aromatic rings. The van der Waals surface area contributed by atoms with Gasteiger partial charge in [-0.2, -0.15) is 12.7 Å². The summed E-state index contributed by atoms with van der Waals surface area (Å²) in [7, 11) is 1.61. The molecule has 0 spiro atoms. The highest BCUT2D eigenvalue weighted by Gasteiger charge is 2.28. The van der Waals surface area contributed by atoms with Gasteiger partial charge in [0.1, 0.15) is 0 Å². The van der Waals surface area contributed by atoms with Gasteiger partial charge in [0, 0.05) is 16.7 Å². The van der Waals surface area contributed by atoms with Crippen molar-refractivity contribution < 1.29 is 8.42 Å². The second-order valence-corrected chi connectivity index (χ2v) is 5.94. The van der Waals surface area contributed by atoms with Crippen LogP contribution in [0.3, 0.4) is 0 Å². The molecule has 1 aliphatic carbocycles. The van der Waals surface area contributed by atoms with Gasteiger partial charge in [-0.05, 0) is 12.8 Å². The molecule has 0 N–H and O–H groups in total. The van der Waals surface area contributed by atoms with Gasteiger partial charge in [0.15, 0.2) is 0 Å². The highest BCUT2D eigenvalue weighted by atomic mass is 35.7. The lowest BCUT2D eigenvalue weighted by molar-refractivity contribution is 0.281. The van der Waals surface area contributed by atoms with E-state index in [0.29, 0.717) is 0 Å². The number of hydrogen-bond donors (Lipinski definition) is 0. The molecule has 1 rings (SSSR count). The fourth-order valence-corrected chi connectivity index (χ4v) is 3.60. The van der Waals surface area contributed by atoms with Crippen LogP contribution in [-0.4, -0.2) is 24.8 Å². The minimum Gasteiger partial charge on any atom is -0.195 e. The van der Waals surface area contributed by atoms with E-state index in [0.717, 1.165) is 25.7 Å². The van der Waals surface area contributed by atoms with Crippen molar-refractivity contribution >= 4 is 31.5 Å². The minimum atomic E-state index is -3.64. The largest absolute Gasteiger partial charge is 0.301 e. The van der Waals surface area contributed by atoms with Crippen LogP contribution in [-0.2, 0) is 9.24 Å². The first-order valence-electron chi connectivity index (χ1n) is 4.33. The lowest BCUT2D eigenvalue weighted by Gasteiger charge is -2.29. The van der Waals surface area contributed by atoms with Gasteiger partial charge in [0.25, 0.3) is 0 Å². The molecule has 1 aliphatic rings. The number of rotatable bonds is 3. The first-order valence-corrected chi connectivity index (χ1v) is 7.13. The quantitative estimate of drug-likeness (QED) is 0.435. The molecule has 0 heterocycles. The Balaban J connectivity index is 2.65. The Morgan fingerprint density at radius 1 is 1.23 bits per heavy atom. The van der Waals surface area contributed by atoms with Gasteiger partial charge in [0.05, 0.1) is 6.00 Å². The summed E-state index contributed by atoms with van der Waals surface area (Å²) in [4.78, 5) is 0. The van der Waals surface area contributed by atoms with Crippen molar-refractivity contribution in [3.63, 3.8) is 0 Å². The SMILES string of the molecule is O=S(=O)(Cl)N(CCl)C1CCCCC1. The highest BCUT2D eigenvalue weighted by Crippen LogP contribution is 2.26. The van der Waals surface area contributed by atoms with Gasteiger partial charge >= 0.3 is 9.24 Å². The molecule has 0 aliphatic heterocycles. The highest BCUT2D eigenvalue weighted by molar-refractivity contribution is 8.11. The molecule has 0 radical (unpaired) electrons. The van der Waals surface area contributed by atoms with Gasteiger partial charge in [-0.25, -0.2) is 0 Å². The van der Waals surface area contributed by atoms with Crippen molar-refractivity contribution in [2.45, 2.75) is 38.1 Å². The summed E-state index contributed by atoms with van der Waals surface area (Å²) < 4.78 is 23.3. The molecule has 1 fully saturated rings. The van der Waals surface area contributed by atoms with Crippen molar-refractivity contribution in [1.82, 2.24) is 4.31 Å². The van der Waals surface area contributed by atoms with Crippen LogP contribution in [0.5, 0.6) is 0 Å². The number of nitrogens with zero attached hydrogens (tertiary/aromatic N) is 1. The molecule has 0 saturated heterocycles. The Bertz CT molecular complexity index is 249. The Morgan fingerprint density at radius 2 is 1.77 bits per heavy atom. The first-order chi connectivity index (χ1) is 6.05. The van der Waals surface area contributed by atoms with Crippen molar-refractivity contribution in [3.8, 4) is 0 Å². The van der Waals surface area contributed by atoms with E-state index >= 15 is 0 Å². The van der Waals surface area contributed by atoms with Crippen LogP contribution >= 0.6 is 22.3 Å². The predicted molar refractivity (Wildman–Crippen MR) is 54.2 cm³/mol. The summed E-state index contributed by atoms with van der Waals surface area (Å²) in [6.45, 7) is 0. The van der Waals surface area contributed by atoms with Crippen LogP contribution in [0.15, 0.2) is 0 Å². The molecular weight excluding hydrogens is 233 g/mol. The summed E-state index contributed by atoms with van der Waals surface area (Å²) >= 11 is 5.55. The molecule has 0 atom stereocenters. The second kappa shape index (κ2) is 4.82. The third-order valence-corrected chi connectivity index (χ3v) is 4.30. The molecule has 0 amide bonds. The van der Waals surface area contributed by atoms with E-state index in [1.807, 2.05) is 0 Å². The minimum absolute atomic E-state index is 0.00810. The summed E-state index contributed by atoms with van der Waals surface area (Å²) in [5.41, 5.74) is 0. The molecule has 0 unspecified atom stereocenters.